The van der Waals surface area contributed by atoms with Gasteiger partial charge in [0.05, 0.1) is 5.56 Å². The molecule has 1 aromatic carbocycles. The van der Waals surface area contributed by atoms with E-state index in [2.05, 4.69) is 22.5 Å². The number of ether oxygens (including phenoxy) is 1. The molecule has 6 heteroatoms. The van der Waals surface area contributed by atoms with Crippen LogP contribution in [0.3, 0.4) is 0 Å². The molecule has 1 aromatic rings. The molecule has 0 spiro atoms. The minimum absolute atomic E-state index is 0.0277. The number of carbonyl (C=O) groups excluding carboxylic acids is 2. The summed E-state index contributed by atoms with van der Waals surface area (Å²) in [7, 11) is 0. The number of nitrogens with one attached hydrogen (secondary N) is 2. The molecule has 1 aliphatic rings. The van der Waals surface area contributed by atoms with Gasteiger partial charge in [0.2, 0.25) is 5.91 Å². The molecule has 1 aliphatic heterocycles. The third-order valence-corrected chi connectivity index (χ3v) is 6.43. The first-order chi connectivity index (χ1) is 16.7. The molecule has 0 saturated carbocycles. The van der Waals surface area contributed by atoms with Crippen LogP contribution in [-0.2, 0) is 9.53 Å². The molecule has 192 valence electrons. The summed E-state index contributed by atoms with van der Waals surface area (Å²) in [5.74, 6) is -0.0617. The molecule has 1 fully saturated rings. The van der Waals surface area contributed by atoms with Gasteiger partial charge in [0.25, 0.3) is 5.91 Å². The van der Waals surface area contributed by atoms with Crippen LogP contribution in [-0.4, -0.2) is 44.7 Å². The Morgan fingerprint density at radius 2 is 1.59 bits per heavy atom. The molecule has 0 atom stereocenters. The normalized spacial score (nSPS) is 13.3. The Morgan fingerprint density at radius 3 is 2.26 bits per heavy atom. The van der Waals surface area contributed by atoms with Crippen molar-refractivity contribution in [1.82, 2.24) is 5.32 Å². The minimum atomic E-state index is -0.0894. The summed E-state index contributed by atoms with van der Waals surface area (Å²) in [6.07, 6.45) is 14.7. The van der Waals surface area contributed by atoms with Gasteiger partial charge in [-0.25, -0.2) is 0 Å². The zero-order valence-corrected chi connectivity index (χ0v) is 21.6. The summed E-state index contributed by atoms with van der Waals surface area (Å²) in [6, 6.07) is 5.74. The van der Waals surface area contributed by atoms with Gasteiger partial charge in [-0.1, -0.05) is 58.3 Å². The fourth-order valence-electron chi connectivity index (χ4n) is 4.46. The number of anilines is 2. The SMILES string of the molecule is CCCCCCCCCCCC(=O)Nc1ccc(N2CCCC2)c(C(=O)NCCCOCC)c1. The molecule has 2 amide bonds. The molecule has 6 nitrogen and oxygen atoms in total. The smallest absolute Gasteiger partial charge is 0.253 e. The highest BCUT2D eigenvalue weighted by atomic mass is 16.5. The fourth-order valence-corrected chi connectivity index (χ4v) is 4.46. The maximum absolute atomic E-state index is 13.0. The van der Waals surface area contributed by atoms with E-state index < -0.39 is 0 Å². The number of carbonyl (C=O) groups is 2. The number of amides is 2. The number of benzene rings is 1. The van der Waals surface area contributed by atoms with Crippen molar-refractivity contribution in [2.24, 2.45) is 0 Å². The average Bonchev–Trinajstić information content (AvgIpc) is 3.37. The van der Waals surface area contributed by atoms with Gasteiger partial charge < -0.3 is 20.3 Å². The summed E-state index contributed by atoms with van der Waals surface area (Å²) in [5, 5.41) is 6.02. The molecule has 2 rings (SSSR count). The summed E-state index contributed by atoms with van der Waals surface area (Å²) in [6.45, 7) is 8.06. The van der Waals surface area contributed by atoms with E-state index in [0.29, 0.717) is 37.4 Å². The van der Waals surface area contributed by atoms with E-state index in [1.807, 2.05) is 25.1 Å². The molecular formula is C28H47N3O3. The Hall–Kier alpha value is -2.08. The molecular weight excluding hydrogens is 426 g/mol. The summed E-state index contributed by atoms with van der Waals surface area (Å²) >= 11 is 0. The first-order valence-electron chi connectivity index (χ1n) is 13.7. The van der Waals surface area contributed by atoms with Crippen LogP contribution in [0, 0.1) is 0 Å². The Bertz CT molecular complexity index is 717. The van der Waals surface area contributed by atoms with E-state index in [1.165, 1.54) is 44.9 Å². The molecule has 0 unspecified atom stereocenters. The summed E-state index contributed by atoms with van der Waals surface area (Å²) < 4.78 is 5.36. The van der Waals surface area contributed by atoms with Gasteiger partial charge >= 0.3 is 0 Å². The third-order valence-electron chi connectivity index (χ3n) is 6.43. The van der Waals surface area contributed by atoms with Crippen LogP contribution in [0.1, 0.15) is 108 Å². The lowest BCUT2D eigenvalue weighted by molar-refractivity contribution is -0.116. The Labute approximate surface area is 207 Å². The van der Waals surface area contributed by atoms with Crippen molar-refractivity contribution in [2.45, 2.75) is 97.3 Å². The summed E-state index contributed by atoms with van der Waals surface area (Å²) in [5.41, 5.74) is 2.29. The van der Waals surface area contributed by atoms with Crippen molar-refractivity contribution in [3.8, 4) is 0 Å². The van der Waals surface area contributed by atoms with E-state index in [0.717, 1.165) is 50.9 Å². The molecule has 34 heavy (non-hydrogen) atoms. The molecule has 1 saturated heterocycles. The van der Waals surface area contributed by atoms with Gasteiger partial charge in [0.1, 0.15) is 0 Å². The second-order valence-corrected chi connectivity index (χ2v) is 9.36. The van der Waals surface area contributed by atoms with Crippen LogP contribution >= 0.6 is 0 Å². The number of hydrogen-bond donors (Lipinski definition) is 2. The van der Waals surface area contributed by atoms with Gasteiger partial charge in [-0.2, -0.15) is 0 Å². The van der Waals surface area contributed by atoms with E-state index in [9.17, 15) is 9.59 Å². The highest BCUT2D eigenvalue weighted by molar-refractivity contribution is 6.02. The predicted octanol–water partition coefficient (Wildman–Crippen LogP) is 6.30. The monoisotopic (exact) mass is 473 g/mol. The standard InChI is InChI=1S/C28H47N3O3/c1-3-5-6-7-8-9-10-11-12-16-27(32)30-24-17-18-26(31-20-13-14-21-31)25(23-24)28(33)29-19-15-22-34-4-2/h17-18,23H,3-16,19-22H2,1-2H3,(H,29,33)(H,30,32). The maximum atomic E-state index is 13.0. The van der Waals surface area contributed by atoms with Crippen molar-refractivity contribution in [3.05, 3.63) is 23.8 Å². The first kappa shape index (κ1) is 28.2. The Balaban J connectivity index is 1.82. The van der Waals surface area contributed by atoms with Crippen LogP contribution in [0.5, 0.6) is 0 Å². The van der Waals surface area contributed by atoms with Crippen LogP contribution in [0.2, 0.25) is 0 Å². The first-order valence-corrected chi connectivity index (χ1v) is 13.7. The van der Waals surface area contributed by atoms with Gasteiger partial charge in [0, 0.05) is 50.6 Å². The van der Waals surface area contributed by atoms with Gasteiger partial charge in [-0.05, 0) is 50.8 Å². The molecule has 0 aliphatic carbocycles. The maximum Gasteiger partial charge on any atom is 0.253 e. The lowest BCUT2D eigenvalue weighted by Crippen LogP contribution is -2.29. The number of rotatable bonds is 18. The zero-order chi connectivity index (χ0) is 24.4. The Kier molecular flexibility index (Phi) is 14.4. The second kappa shape index (κ2) is 17.4. The quantitative estimate of drug-likeness (QED) is 0.245. The zero-order valence-electron chi connectivity index (χ0n) is 21.6. The molecule has 2 N–H and O–H groups in total. The van der Waals surface area contributed by atoms with E-state index in [-0.39, 0.29) is 11.8 Å². The van der Waals surface area contributed by atoms with Crippen molar-refractivity contribution in [1.29, 1.82) is 0 Å². The molecule has 1 heterocycles. The van der Waals surface area contributed by atoms with Crippen molar-refractivity contribution in [3.63, 3.8) is 0 Å². The van der Waals surface area contributed by atoms with Crippen LogP contribution < -0.4 is 15.5 Å². The van der Waals surface area contributed by atoms with Crippen LogP contribution in [0.25, 0.3) is 0 Å². The Morgan fingerprint density at radius 1 is 0.912 bits per heavy atom. The highest BCUT2D eigenvalue weighted by Crippen LogP contribution is 2.28. The number of nitrogens with zero attached hydrogens (tertiary/aromatic N) is 1. The van der Waals surface area contributed by atoms with Crippen molar-refractivity contribution in [2.75, 3.05) is 43.1 Å². The van der Waals surface area contributed by atoms with Crippen molar-refractivity contribution >= 4 is 23.2 Å². The van der Waals surface area contributed by atoms with E-state index in [1.54, 1.807) is 0 Å². The third kappa shape index (κ3) is 10.9. The van der Waals surface area contributed by atoms with E-state index in [4.69, 9.17) is 4.74 Å². The number of unbranched alkanes of at least 4 members (excludes halogenated alkanes) is 8. The van der Waals surface area contributed by atoms with Crippen LogP contribution in [0.15, 0.2) is 18.2 Å². The second-order valence-electron chi connectivity index (χ2n) is 9.36. The van der Waals surface area contributed by atoms with Gasteiger partial charge in [-0.3, -0.25) is 9.59 Å². The lowest BCUT2D eigenvalue weighted by Gasteiger charge is -2.22. The molecule has 0 bridgehead atoms. The highest BCUT2D eigenvalue weighted by Gasteiger charge is 2.20. The average molecular weight is 474 g/mol. The fraction of sp³-hybridized carbons (Fsp3) is 0.714. The largest absolute Gasteiger partial charge is 0.382 e. The van der Waals surface area contributed by atoms with Gasteiger partial charge in [0.15, 0.2) is 0 Å². The minimum Gasteiger partial charge on any atom is -0.382 e. The summed E-state index contributed by atoms with van der Waals surface area (Å²) in [4.78, 5) is 27.7. The molecule has 0 radical (unpaired) electrons. The van der Waals surface area contributed by atoms with Gasteiger partial charge in [-0.15, -0.1) is 0 Å². The van der Waals surface area contributed by atoms with Crippen molar-refractivity contribution < 1.29 is 14.3 Å². The van der Waals surface area contributed by atoms with Crippen LogP contribution in [0.4, 0.5) is 11.4 Å². The number of hydrogen-bond acceptors (Lipinski definition) is 4. The lowest BCUT2D eigenvalue weighted by atomic mass is 10.1. The van der Waals surface area contributed by atoms with E-state index >= 15 is 0 Å². The predicted molar refractivity (Wildman–Crippen MR) is 142 cm³/mol. The topological polar surface area (TPSA) is 70.7 Å². The molecule has 0 aromatic heterocycles.